The molecule has 1 aliphatic heterocycles. The Balaban J connectivity index is 2.24. The van der Waals surface area contributed by atoms with E-state index in [4.69, 9.17) is 0 Å². The van der Waals surface area contributed by atoms with E-state index < -0.39 is 54.2 Å². The van der Waals surface area contributed by atoms with Crippen molar-refractivity contribution < 1.29 is 30.7 Å². The van der Waals surface area contributed by atoms with E-state index in [0.717, 1.165) is 4.90 Å². The Morgan fingerprint density at radius 3 is 1.75 bits per heavy atom. The number of hydrogen-bond donors (Lipinski definition) is 0. The van der Waals surface area contributed by atoms with Crippen molar-refractivity contribution in [2.75, 3.05) is 18.0 Å². The second kappa shape index (κ2) is 5.10. The van der Waals surface area contributed by atoms with Gasteiger partial charge in [0, 0.05) is 13.1 Å². The molecule has 0 bridgehead atoms. The lowest BCUT2D eigenvalue weighted by Gasteiger charge is -2.34. The van der Waals surface area contributed by atoms with E-state index >= 15 is 0 Å². The van der Waals surface area contributed by atoms with Crippen molar-refractivity contribution in [2.24, 2.45) is 5.92 Å². The maximum Gasteiger partial charge on any atom is 0.391 e. The SMILES string of the molecule is Fc1nc(F)c(F)c(N2CCC(C(F)(F)F)CC2)c1F. The van der Waals surface area contributed by atoms with E-state index in [1.165, 1.54) is 0 Å². The first-order valence-corrected chi connectivity index (χ1v) is 5.73. The number of nitrogens with zero attached hydrogens (tertiary/aromatic N) is 2. The first-order valence-electron chi connectivity index (χ1n) is 5.73. The molecular formula is C11H9F7N2. The van der Waals surface area contributed by atoms with Gasteiger partial charge >= 0.3 is 6.18 Å². The summed E-state index contributed by atoms with van der Waals surface area (Å²) in [4.78, 5) is 3.25. The molecule has 0 aromatic carbocycles. The first kappa shape index (κ1) is 14.9. The highest BCUT2D eigenvalue weighted by atomic mass is 19.4. The van der Waals surface area contributed by atoms with Crippen LogP contribution in [0.3, 0.4) is 0 Å². The number of hydrogen-bond acceptors (Lipinski definition) is 2. The Hall–Kier alpha value is -1.54. The normalized spacial score (nSPS) is 17.6. The van der Waals surface area contributed by atoms with Crippen molar-refractivity contribution in [1.82, 2.24) is 4.98 Å². The summed E-state index contributed by atoms with van der Waals surface area (Å²) in [7, 11) is 0. The number of pyridine rings is 1. The molecular weight excluding hydrogens is 293 g/mol. The van der Waals surface area contributed by atoms with Gasteiger partial charge in [0.05, 0.1) is 5.92 Å². The van der Waals surface area contributed by atoms with Crippen LogP contribution >= 0.6 is 0 Å². The van der Waals surface area contributed by atoms with Crippen LogP contribution in [0.15, 0.2) is 0 Å². The summed E-state index contributed by atoms with van der Waals surface area (Å²) in [5, 5.41) is 0. The Labute approximate surface area is 109 Å². The van der Waals surface area contributed by atoms with E-state index in [-0.39, 0.29) is 13.1 Å². The molecule has 0 radical (unpaired) electrons. The van der Waals surface area contributed by atoms with Crippen LogP contribution in [0.4, 0.5) is 36.4 Å². The molecule has 0 atom stereocenters. The van der Waals surface area contributed by atoms with Crippen LogP contribution in [-0.4, -0.2) is 24.2 Å². The molecule has 0 N–H and O–H groups in total. The van der Waals surface area contributed by atoms with Gasteiger partial charge in [-0.05, 0) is 12.8 Å². The lowest BCUT2D eigenvalue weighted by molar-refractivity contribution is -0.179. The van der Waals surface area contributed by atoms with Crippen molar-refractivity contribution in [1.29, 1.82) is 0 Å². The third-order valence-electron chi connectivity index (χ3n) is 3.25. The van der Waals surface area contributed by atoms with Crippen molar-refractivity contribution in [3.05, 3.63) is 23.5 Å². The smallest absolute Gasteiger partial charge is 0.366 e. The highest BCUT2D eigenvalue weighted by molar-refractivity contribution is 5.48. The summed E-state index contributed by atoms with van der Waals surface area (Å²) in [6.45, 7) is -0.693. The van der Waals surface area contributed by atoms with E-state index in [1.54, 1.807) is 0 Å². The molecule has 0 amide bonds. The average molecular weight is 302 g/mol. The minimum atomic E-state index is -4.39. The molecule has 0 unspecified atom stereocenters. The van der Waals surface area contributed by atoms with Gasteiger partial charge < -0.3 is 4.90 Å². The molecule has 1 aromatic heterocycles. The molecule has 20 heavy (non-hydrogen) atoms. The topological polar surface area (TPSA) is 16.1 Å². The van der Waals surface area contributed by atoms with E-state index in [9.17, 15) is 30.7 Å². The number of anilines is 1. The van der Waals surface area contributed by atoms with Gasteiger partial charge in [-0.2, -0.15) is 35.7 Å². The molecule has 1 saturated heterocycles. The Bertz CT molecular complexity index is 480. The molecule has 112 valence electrons. The minimum absolute atomic E-state index is 0.346. The number of alkyl halides is 3. The second-order valence-electron chi connectivity index (χ2n) is 4.47. The van der Waals surface area contributed by atoms with Gasteiger partial charge in [0.15, 0.2) is 0 Å². The Morgan fingerprint density at radius 1 is 0.900 bits per heavy atom. The monoisotopic (exact) mass is 302 g/mol. The molecule has 2 nitrogen and oxygen atoms in total. The van der Waals surface area contributed by atoms with Gasteiger partial charge in [-0.1, -0.05) is 0 Å². The lowest BCUT2D eigenvalue weighted by atomic mass is 9.96. The van der Waals surface area contributed by atoms with Gasteiger partial charge in [-0.3, -0.25) is 0 Å². The molecule has 2 rings (SSSR count). The third-order valence-corrected chi connectivity index (χ3v) is 3.25. The molecule has 1 aliphatic rings. The Kier molecular flexibility index (Phi) is 3.79. The summed E-state index contributed by atoms with van der Waals surface area (Å²) < 4.78 is 90.2. The summed E-state index contributed by atoms with van der Waals surface area (Å²) >= 11 is 0. The predicted octanol–water partition coefficient (Wildman–Crippen LogP) is 3.42. The standard InChI is InChI=1S/C11H9F7N2/c12-6-8(7(13)10(15)19-9(6)14)20-3-1-5(2-4-20)11(16,17)18/h5H,1-4H2. The van der Waals surface area contributed by atoms with Crippen molar-refractivity contribution in [3.8, 4) is 0 Å². The fourth-order valence-corrected chi connectivity index (χ4v) is 2.18. The fourth-order valence-electron chi connectivity index (χ4n) is 2.18. The van der Waals surface area contributed by atoms with Gasteiger partial charge in [-0.15, -0.1) is 0 Å². The van der Waals surface area contributed by atoms with Gasteiger partial charge in [0.1, 0.15) is 5.69 Å². The zero-order chi connectivity index (χ0) is 15.1. The number of halogens is 7. The third kappa shape index (κ3) is 2.66. The molecule has 0 aliphatic carbocycles. The zero-order valence-electron chi connectivity index (χ0n) is 9.95. The number of aromatic nitrogens is 1. The van der Waals surface area contributed by atoms with Gasteiger partial charge in [-0.25, -0.2) is 0 Å². The van der Waals surface area contributed by atoms with Crippen LogP contribution in [0.25, 0.3) is 0 Å². The maximum atomic E-state index is 13.5. The van der Waals surface area contributed by atoms with Crippen LogP contribution in [0.2, 0.25) is 0 Å². The molecule has 2 heterocycles. The van der Waals surface area contributed by atoms with Crippen LogP contribution in [0, 0.1) is 29.4 Å². The Morgan fingerprint density at radius 2 is 1.35 bits per heavy atom. The van der Waals surface area contributed by atoms with Crippen molar-refractivity contribution in [2.45, 2.75) is 19.0 Å². The largest absolute Gasteiger partial charge is 0.391 e. The van der Waals surface area contributed by atoms with Crippen molar-refractivity contribution in [3.63, 3.8) is 0 Å². The van der Waals surface area contributed by atoms with Gasteiger partial charge in [0.2, 0.25) is 11.6 Å². The molecule has 0 saturated carbocycles. The number of rotatable bonds is 1. The maximum absolute atomic E-state index is 13.5. The first-order chi connectivity index (χ1) is 9.21. The van der Waals surface area contributed by atoms with E-state index in [2.05, 4.69) is 4.98 Å². The highest BCUT2D eigenvalue weighted by Crippen LogP contribution is 2.36. The van der Waals surface area contributed by atoms with E-state index in [1.807, 2.05) is 0 Å². The second-order valence-corrected chi connectivity index (χ2v) is 4.47. The average Bonchev–Trinajstić information content (AvgIpc) is 2.36. The lowest BCUT2D eigenvalue weighted by Crippen LogP contribution is -2.40. The summed E-state index contributed by atoms with van der Waals surface area (Å²) in [6, 6.07) is 0. The summed E-state index contributed by atoms with van der Waals surface area (Å²) in [5.41, 5.74) is -1.00. The van der Waals surface area contributed by atoms with Crippen LogP contribution in [0.1, 0.15) is 12.8 Å². The zero-order valence-corrected chi connectivity index (χ0v) is 9.95. The van der Waals surface area contributed by atoms with Crippen molar-refractivity contribution >= 4 is 5.69 Å². The summed E-state index contributed by atoms with van der Waals surface area (Å²) in [5.74, 6) is -8.63. The quantitative estimate of drug-likeness (QED) is 0.584. The molecule has 1 aromatic rings. The van der Waals surface area contributed by atoms with E-state index in [0.29, 0.717) is 0 Å². The highest BCUT2D eigenvalue weighted by Gasteiger charge is 2.42. The fraction of sp³-hybridized carbons (Fsp3) is 0.545. The van der Waals surface area contributed by atoms with Crippen LogP contribution in [-0.2, 0) is 0 Å². The van der Waals surface area contributed by atoms with Crippen LogP contribution < -0.4 is 4.90 Å². The summed E-state index contributed by atoms with van der Waals surface area (Å²) in [6.07, 6.45) is -5.18. The molecule has 1 fully saturated rings. The molecule has 0 spiro atoms. The predicted molar refractivity (Wildman–Crippen MR) is 55.1 cm³/mol. The van der Waals surface area contributed by atoms with Crippen LogP contribution in [0.5, 0.6) is 0 Å². The number of piperidine rings is 1. The molecule has 9 heteroatoms. The van der Waals surface area contributed by atoms with Gasteiger partial charge in [0.25, 0.3) is 11.9 Å². The minimum Gasteiger partial charge on any atom is -0.366 e.